The predicted molar refractivity (Wildman–Crippen MR) is 73.9 cm³/mol. The molecular formula is C13H19ClN2O3. The van der Waals surface area contributed by atoms with Gasteiger partial charge < -0.3 is 4.74 Å². The first-order chi connectivity index (χ1) is 8.91. The Hall–Kier alpha value is -1.07. The quantitative estimate of drug-likeness (QED) is 0.861. The second-order valence-corrected chi connectivity index (χ2v) is 5.73. The van der Waals surface area contributed by atoms with Crippen LogP contribution in [0.5, 0.6) is 0 Å². The minimum Gasteiger partial charge on any atom is -0.378 e. The summed E-state index contributed by atoms with van der Waals surface area (Å²) in [4.78, 5) is 26.8. The van der Waals surface area contributed by atoms with E-state index < -0.39 is 5.69 Å². The van der Waals surface area contributed by atoms with E-state index in [1.165, 1.54) is 4.57 Å². The summed E-state index contributed by atoms with van der Waals surface area (Å²) in [5.74, 6) is 0.167. The predicted octanol–water partition coefficient (Wildman–Crippen LogP) is 1.74. The summed E-state index contributed by atoms with van der Waals surface area (Å²) in [6, 6.07) is 0. The van der Waals surface area contributed by atoms with Crippen LogP contribution in [0.2, 0.25) is 5.15 Å². The van der Waals surface area contributed by atoms with E-state index in [9.17, 15) is 9.59 Å². The van der Waals surface area contributed by atoms with Crippen LogP contribution in [0.15, 0.2) is 9.59 Å². The van der Waals surface area contributed by atoms with Gasteiger partial charge >= 0.3 is 5.69 Å². The van der Waals surface area contributed by atoms with Crippen LogP contribution < -0.4 is 11.2 Å². The third-order valence-corrected chi connectivity index (χ3v) is 4.00. The maximum Gasteiger partial charge on any atom is 0.329 e. The monoisotopic (exact) mass is 286 g/mol. The van der Waals surface area contributed by atoms with Crippen LogP contribution in [-0.2, 0) is 11.3 Å². The molecule has 0 saturated carbocycles. The van der Waals surface area contributed by atoms with Gasteiger partial charge in [0.2, 0.25) is 0 Å². The third kappa shape index (κ3) is 2.77. The van der Waals surface area contributed by atoms with Gasteiger partial charge in [0.25, 0.3) is 5.56 Å². The van der Waals surface area contributed by atoms with E-state index in [0.29, 0.717) is 18.7 Å². The molecule has 106 valence electrons. The average Bonchev–Trinajstić information content (AvgIpc) is 2.69. The molecule has 0 bridgehead atoms. The third-order valence-electron chi connectivity index (χ3n) is 3.70. The highest BCUT2D eigenvalue weighted by atomic mass is 35.5. The Labute approximate surface area is 116 Å². The van der Waals surface area contributed by atoms with Crippen LogP contribution in [0.3, 0.4) is 0 Å². The van der Waals surface area contributed by atoms with Crippen molar-refractivity contribution in [3.8, 4) is 0 Å². The van der Waals surface area contributed by atoms with Crippen LogP contribution in [0.1, 0.15) is 38.7 Å². The molecule has 0 aromatic carbocycles. The summed E-state index contributed by atoms with van der Waals surface area (Å²) in [5, 5.41) is 0.150. The molecule has 1 aliphatic heterocycles. The summed E-state index contributed by atoms with van der Waals surface area (Å²) in [6.07, 6.45) is 0.941. The molecule has 0 amide bonds. The van der Waals surface area contributed by atoms with Crippen LogP contribution >= 0.6 is 11.6 Å². The standard InChI is InChI=1S/C13H19ClN2O3/c1-7(2)10-11(14)15-13(18)16(12(10)17)6-9-4-5-19-8(9)3/h7-9H,4-6H2,1-3H3,(H,15,18). The summed E-state index contributed by atoms with van der Waals surface area (Å²) in [5.41, 5.74) is -0.269. The highest BCUT2D eigenvalue weighted by Gasteiger charge is 2.26. The number of nitrogens with zero attached hydrogens (tertiary/aromatic N) is 1. The van der Waals surface area contributed by atoms with Crippen LogP contribution in [0, 0.1) is 5.92 Å². The average molecular weight is 287 g/mol. The van der Waals surface area contributed by atoms with Crippen molar-refractivity contribution in [3.05, 3.63) is 31.6 Å². The minimum absolute atomic E-state index is 0.0275. The first-order valence-electron chi connectivity index (χ1n) is 6.56. The van der Waals surface area contributed by atoms with E-state index in [1.54, 1.807) is 0 Å². The molecule has 6 heteroatoms. The molecule has 1 saturated heterocycles. The zero-order valence-electron chi connectivity index (χ0n) is 11.4. The Morgan fingerprint density at radius 3 is 2.68 bits per heavy atom. The van der Waals surface area contributed by atoms with E-state index in [0.717, 1.165) is 6.42 Å². The summed E-state index contributed by atoms with van der Waals surface area (Å²) in [6.45, 7) is 6.80. The zero-order valence-corrected chi connectivity index (χ0v) is 12.2. The molecule has 1 aliphatic rings. The molecule has 1 aromatic rings. The smallest absolute Gasteiger partial charge is 0.329 e. The first kappa shape index (κ1) is 14.3. The molecule has 0 radical (unpaired) electrons. The van der Waals surface area contributed by atoms with E-state index >= 15 is 0 Å². The highest BCUT2D eigenvalue weighted by Crippen LogP contribution is 2.22. The van der Waals surface area contributed by atoms with E-state index in [4.69, 9.17) is 16.3 Å². The van der Waals surface area contributed by atoms with Gasteiger partial charge in [0.05, 0.1) is 11.7 Å². The molecule has 5 nitrogen and oxygen atoms in total. The van der Waals surface area contributed by atoms with Crippen molar-refractivity contribution in [2.45, 2.75) is 45.8 Å². The van der Waals surface area contributed by atoms with Gasteiger partial charge in [0, 0.05) is 19.1 Å². The van der Waals surface area contributed by atoms with Crippen molar-refractivity contribution in [2.24, 2.45) is 5.92 Å². The number of ether oxygens (including phenoxy) is 1. The fourth-order valence-corrected chi connectivity index (χ4v) is 2.86. The van der Waals surface area contributed by atoms with Gasteiger partial charge in [-0.2, -0.15) is 0 Å². The van der Waals surface area contributed by atoms with Crippen LogP contribution in [0.25, 0.3) is 0 Å². The Kier molecular flexibility index (Phi) is 4.16. The van der Waals surface area contributed by atoms with Gasteiger partial charge in [-0.1, -0.05) is 25.4 Å². The largest absolute Gasteiger partial charge is 0.378 e. The Balaban J connectivity index is 2.43. The second-order valence-electron chi connectivity index (χ2n) is 5.35. The molecule has 2 atom stereocenters. The SMILES string of the molecule is CC(C)c1c(Cl)[nH]c(=O)n(CC2CCOC2C)c1=O. The summed E-state index contributed by atoms with van der Waals surface area (Å²) in [7, 11) is 0. The summed E-state index contributed by atoms with van der Waals surface area (Å²) >= 11 is 5.95. The van der Waals surface area contributed by atoms with Crippen molar-refractivity contribution < 1.29 is 4.74 Å². The van der Waals surface area contributed by atoms with Crippen molar-refractivity contribution in [2.75, 3.05) is 6.61 Å². The van der Waals surface area contributed by atoms with Gasteiger partial charge in [0.1, 0.15) is 5.15 Å². The lowest BCUT2D eigenvalue weighted by molar-refractivity contribution is 0.101. The van der Waals surface area contributed by atoms with Gasteiger partial charge in [-0.05, 0) is 19.3 Å². The van der Waals surface area contributed by atoms with E-state index in [-0.39, 0.29) is 28.7 Å². The maximum atomic E-state index is 12.4. The fourth-order valence-electron chi connectivity index (χ4n) is 2.48. The van der Waals surface area contributed by atoms with Crippen molar-refractivity contribution in [1.29, 1.82) is 0 Å². The Morgan fingerprint density at radius 1 is 1.47 bits per heavy atom. The lowest BCUT2D eigenvalue weighted by atomic mass is 10.0. The van der Waals surface area contributed by atoms with Crippen LogP contribution in [0.4, 0.5) is 0 Å². The van der Waals surface area contributed by atoms with E-state index in [1.807, 2.05) is 20.8 Å². The van der Waals surface area contributed by atoms with Crippen LogP contribution in [-0.4, -0.2) is 22.3 Å². The molecule has 2 unspecified atom stereocenters. The number of nitrogens with one attached hydrogen (secondary N) is 1. The number of hydrogen-bond donors (Lipinski definition) is 1. The van der Waals surface area contributed by atoms with Crippen molar-refractivity contribution >= 4 is 11.6 Å². The van der Waals surface area contributed by atoms with Crippen molar-refractivity contribution in [1.82, 2.24) is 9.55 Å². The molecule has 19 heavy (non-hydrogen) atoms. The molecular weight excluding hydrogens is 268 g/mol. The number of aromatic amines is 1. The number of H-pyrrole nitrogens is 1. The lowest BCUT2D eigenvalue weighted by Crippen LogP contribution is -2.40. The van der Waals surface area contributed by atoms with Gasteiger partial charge in [0.15, 0.2) is 0 Å². The number of halogens is 1. The topological polar surface area (TPSA) is 64.1 Å². The van der Waals surface area contributed by atoms with Crippen molar-refractivity contribution in [3.63, 3.8) is 0 Å². The molecule has 0 aliphatic carbocycles. The number of rotatable bonds is 3. The number of hydrogen-bond acceptors (Lipinski definition) is 3. The number of aromatic nitrogens is 2. The maximum absolute atomic E-state index is 12.4. The molecule has 2 heterocycles. The Bertz CT molecular complexity index is 576. The highest BCUT2D eigenvalue weighted by molar-refractivity contribution is 6.30. The van der Waals surface area contributed by atoms with Gasteiger partial charge in [-0.25, -0.2) is 4.79 Å². The second kappa shape index (κ2) is 5.51. The molecule has 2 rings (SSSR count). The molecule has 1 aromatic heterocycles. The molecule has 1 N–H and O–H groups in total. The van der Waals surface area contributed by atoms with Gasteiger partial charge in [-0.3, -0.25) is 14.3 Å². The van der Waals surface area contributed by atoms with Gasteiger partial charge in [-0.15, -0.1) is 0 Å². The van der Waals surface area contributed by atoms with E-state index in [2.05, 4.69) is 4.98 Å². The fraction of sp³-hybridized carbons (Fsp3) is 0.692. The summed E-state index contributed by atoms with van der Waals surface area (Å²) < 4.78 is 6.71. The normalized spacial score (nSPS) is 23.2. The molecule has 0 spiro atoms. The minimum atomic E-state index is -0.446. The lowest BCUT2D eigenvalue weighted by Gasteiger charge is -2.16. The Morgan fingerprint density at radius 2 is 2.16 bits per heavy atom. The first-order valence-corrected chi connectivity index (χ1v) is 6.93. The zero-order chi connectivity index (χ0) is 14.2. The molecule has 1 fully saturated rings.